The first-order valence-electron chi connectivity index (χ1n) is 7.42. The highest BCUT2D eigenvalue weighted by atomic mass is 32.2. The van der Waals surface area contributed by atoms with Crippen LogP contribution in [0.3, 0.4) is 0 Å². The zero-order chi connectivity index (χ0) is 17.2. The molecule has 2 amide bonds. The number of benzene rings is 1. The van der Waals surface area contributed by atoms with Crippen molar-refractivity contribution >= 4 is 35.2 Å². The summed E-state index contributed by atoms with van der Waals surface area (Å²) in [6.45, 7) is 3.84. The van der Waals surface area contributed by atoms with Crippen molar-refractivity contribution in [1.82, 2.24) is 5.32 Å². The molecule has 0 saturated heterocycles. The zero-order valence-corrected chi connectivity index (χ0v) is 14.1. The average molecular weight is 338 g/mol. The van der Waals surface area contributed by atoms with Gasteiger partial charge in [0.2, 0.25) is 11.8 Å². The predicted octanol–water partition coefficient (Wildman–Crippen LogP) is 1.90. The molecule has 3 N–H and O–H groups in total. The minimum Gasteiger partial charge on any atom is -0.481 e. The fourth-order valence-corrected chi connectivity index (χ4v) is 2.44. The Morgan fingerprint density at radius 2 is 1.87 bits per heavy atom. The summed E-state index contributed by atoms with van der Waals surface area (Å²) < 4.78 is 0. The second-order valence-corrected chi connectivity index (χ2v) is 6.32. The maximum Gasteiger partial charge on any atom is 0.305 e. The Bertz CT molecular complexity index is 546. The third-order valence-electron chi connectivity index (χ3n) is 3.12. The molecule has 1 atom stereocenters. The van der Waals surface area contributed by atoms with Crippen molar-refractivity contribution in [3.63, 3.8) is 0 Å². The molecular formula is C16H22N2O4S. The molecule has 1 rings (SSSR count). The van der Waals surface area contributed by atoms with E-state index in [0.717, 1.165) is 12.1 Å². The zero-order valence-electron chi connectivity index (χ0n) is 13.3. The molecule has 1 aromatic carbocycles. The summed E-state index contributed by atoms with van der Waals surface area (Å²) in [7, 11) is 0. The van der Waals surface area contributed by atoms with Gasteiger partial charge in [-0.3, -0.25) is 14.4 Å². The van der Waals surface area contributed by atoms with Crippen LogP contribution in [0.2, 0.25) is 0 Å². The van der Waals surface area contributed by atoms with Gasteiger partial charge in [-0.2, -0.15) is 0 Å². The van der Waals surface area contributed by atoms with Gasteiger partial charge < -0.3 is 15.7 Å². The molecule has 1 aromatic rings. The van der Waals surface area contributed by atoms with Crippen molar-refractivity contribution in [1.29, 1.82) is 0 Å². The van der Waals surface area contributed by atoms with Gasteiger partial charge in [-0.25, -0.2) is 0 Å². The van der Waals surface area contributed by atoms with E-state index in [1.807, 2.05) is 24.3 Å². The lowest BCUT2D eigenvalue weighted by molar-refractivity contribution is -0.137. The van der Waals surface area contributed by atoms with Gasteiger partial charge in [0.1, 0.15) is 0 Å². The number of hydrogen-bond acceptors (Lipinski definition) is 4. The Kier molecular flexibility index (Phi) is 8.18. The molecule has 6 nitrogen and oxygen atoms in total. The number of rotatable bonds is 9. The van der Waals surface area contributed by atoms with Crippen LogP contribution in [0.4, 0.5) is 5.69 Å². The van der Waals surface area contributed by atoms with Gasteiger partial charge in [0.05, 0.1) is 17.4 Å². The Hall–Kier alpha value is -2.02. The summed E-state index contributed by atoms with van der Waals surface area (Å²) >= 11 is 1.21. The van der Waals surface area contributed by atoms with Gasteiger partial charge in [0.25, 0.3) is 0 Å². The normalized spacial score (nSPS) is 11.6. The first-order valence-corrected chi connectivity index (χ1v) is 8.47. The highest BCUT2D eigenvalue weighted by Gasteiger charge is 2.15. The average Bonchev–Trinajstić information content (AvgIpc) is 2.52. The second-order valence-electron chi connectivity index (χ2n) is 4.99. The molecule has 23 heavy (non-hydrogen) atoms. The van der Waals surface area contributed by atoms with Crippen LogP contribution >= 0.6 is 11.8 Å². The number of nitrogens with one attached hydrogen (secondary N) is 2. The van der Waals surface area contributed by atoms with Crippen LogP contribution in [0.5, 0.6) is 0 Å². The summed E-state index contributed by atoms with van der Waals surface area (Å²) in [6, 6.07) is 7.62. The summed E-state index contributed by atoms with van der Waals surface area (Å²) in [5.74, 6) is -1.25. The van der Waals surface area contributed by atoms with E-state index in [0.29, 0.717) is 0 Å². The van der Waals surface area contributed by atoms with Crippen LogP contribution in [0, 0.1) is 0 Å². The Morgan fingerprint density at radius 3 is 2.43 bits per heavy atom. The largest absolute Gasteiger partial charge is 0.481 e. The van der Waals surface area contributed by atoms with Crippen molar-refractivity contribution in [3.8, 4) is 0 Å². The third kappa shape index (κ3) is 7.69. The van der Waals surface area contributed by atoms with Crippen molar-refractivity contribution < 1.29 is 19.5 Å². The number of thioether (sulfide) groups is 1. The minimum absolute atomic E-state index is 0.0923. The number of carbonyl (C=O) groups is 3. The van der Waals surface area contributed by atoms with Gasteiger partial charge in [-0.15, -0.1) is 11.8 Å². The summed E-state index contributed by atoms with van der Waals surface area (Å²) in [5, 5.41) is 13.4. The van der Waals surface area contributed by atoms with E-state index >= 15 is 0 Å². The molecule has 0 saturated carbocycles. The van der Waals surface area contributed by atoms with Crippen molar-refractivity contribution in [3.05, 3.63) is 29.8 Å². The summed E-state index contributed by atoms with van der Waals surface area (Å²) in [6.07, 6.45) is 0.829. The standard InChI is InChI=1S/C16H22N2O4S/c1-3-12-4-6-13(7-5-12)18-14(19)10-23-11(2)16(22)17-9-8-15(20)21/h4-7,11H,3,8-10H2,1-2H3,(H,17,22)(H,18,19)(H,20,21). The molecular weight excluding hydrogens is 316 g/mol. The maximum atomic E-state index is 11.9. The highest BCUT2D eigenvalue weighted by Crippen LogP contribution is 2.13. The molecule has 0 fully saturated rings. The van der Waals surface area contributed by atoms with Crippen molar-refractivity contribution in [2.24, 2.45) is 0 Å². The molecule has 126 valence electrons. The summed E-state index contributed by atoms with van der Waals surface area (Å²) in [4.78, 5) is 33.9. The van der Waals surface area contributed by atoms with Gasteiger partial charge in [-0.1, -0.05) is 19.1 Å². The molecule has 0 spiro atoms. The maximum absolute atomic E-state index is 11.9. The number of hydrogen-bond donors (Lipinski definition) is 3. The number of amides is 2. The van der Waals surface area contributed by atoms with E-state index in [9.17, 15) is 14.4 Å². The number of carboxylic acid groups (broad SMARTS) is 1. The quantitative estimate of drug-likeness (QED) is 0.639. The van der Waals surface area contributed by atoms with Crippen LogP contribution in [-0.2, 0) is 20.8 Å². The fraction of sp³-hybridized carbons (Fsp3) is 0.438. The molecule has 1 unspecified atom stereocenters. The van der Waals surface area contributed by atoms with Gasteiger partial charge >= 0.3 is 5.97 Å². The topological polar surface area (TPSA) is 95.5 Å². The lowest BCUT2D eigenvalue weighted by Crippen LogP contribution is -2.33. The second kappa shape index (κ2) is 9.89. The van der Waals surface area contributed by atoms with E-state index in [4.69, 9.17) is 5.11 Å². The first-order chi connectivity index (χ1) is 10.9. The summed E-state index contributed by atoms with van der Waals surface area (Å²) in [5.41, 5.74) is 1.93. The lowest BCUT2D eigenvalue weighted by atomic mass is 10.1. The smallest absolute Gasteiger partial charge is 0.305 e. The van der Waals surface area contributed by atoms with Crippen LogP contribution < -0.4 is 10.6 Å². The molecule has 7 heteroatoms. The third-order valence-corrected chi connectivity index (χ3v) is 4.26. The monoisotopic (exact) mass is 338 g/mol. The molecule has 0 aliphatic rings. The lowest BCUT2D eigenvalue weighted by Gasteiger charge is -2.11. The molecule has 0 aliphatic heterocycles. The predicted molar refractivity (Wildman–Crippen MR) is 91.6 cm³/mol. The van der Waals surface area contributed by atoms with Crippen LogP contribution in [0.1, 0.15) is 25.8 Å². The fourth-order valence-electron chi connectivity index (χ4n) is 1.73. The van der Waals surface area contributed by atoms with Crippen LogP contribution in [-0.4, -0.2) is 40.4 Å². The molecule has 0 radical (unpaired) electrons. The van der Waals surface area contributed by atoms with E-state index in [-0.39, 0.29) is 30.5 Å². The Labute approximate surface area is 140 Å². The number of aryl methyl sites for hydroxylation is 1. The van der Waals surface area contributed by atoms with Crippen molar-refractivity contribution in [2.75, 3.05) is 17.6 Å². The number of carbonyl (C=O) groups excluding carboxylic acids is 2. The highest BCUT2D eigenvalue weighted by molar-refractivity contribution is 8.01. The number of aliphatic carboxylic acids is 1. The van der Waals surface area contributed by atoms with E-state index in [2.05, 4.69) is 17.6 Å². The molecule has 0 aromatic heterocycles. The SMILES string of the molecule is CCc1ccc(NC(=O)CSC(C)C(=O)NCCC(=O)O)cc1. The van der Waals surface area contributed by atoms with E-state index < -0.39 is 11.2 Å². The van der Waals surface area contributed by atoms with Crippen LogP contribution in [0.25, 0.3) is 0 Å². The Morgan fingerprint density at radius 1 is 1.22 bits per heavy atom. The van der Waals surface area contributed by atoms with Gasteiger partial charge in [0.15, 0.2) is 0 Å². The minimum atomic E-state index is -0.959. The van der Waals surface area contributed by atoms with E-state index in [1.54, 1.807) is 6.92 Å². The molecule has 0 aliphatic carbocycles. The van der Waals surface area contributed by atoms with Gasteiger partial charge in [0, 0.05) is 12.2 Å². The van der Waals surface area contributed by atoms with Gasteiger partial charge in [-0.05, 0) is 31.0 Å². The molecule has 0 heterocycles. The Balaban J connectivity index is 2.31. The number of anilines is 1. The number of carboxylic acids is 1. The van der Waals surface area contributed by atoms with Crippen LogP contribution in [0.15, 0.2) is 24.3 Å². The van der Waals surface area contributed by atoms with Crippen molar-refractivity contribution in [2.45, 2.75) is 31.9 Å². The molecule has 0 bridgehead atoms. The first kappa shape index (κ1) is 19.0. The van der Waals surface area contributed by atoms with E-state index in [1.165, 1.54) is 17.3 Å².